The van der Waals surface area contributed by atoms with Crippen LogP contribution in [0, 0.1) is 6.92 Å². The fourth-order valence-electron chi connectivity index (χ4n) is 2.80. The van der Waals surface area contributed by atoms with E-state index in [9.17, 15) is 0 Å². The standard InChI is InChI=1S/C13H19N5S/c1-8-7-9-10(18-6-4-5-13(18,2)3)15-12(17-14)16-11(9)19-8/h7H,4-6,14H2,1-3H3,(H,15,16,17). The van der Waals surface area contributed by atoms with E-state index in [2.05, 4.69) is 47.1 Å². The highest BCUT2D eigenvalue weighted by atomic mass is 32.1. The van der Waals surface area contributed by atoms with Gasteiger partial charge in [0.15, 0.2) is 0 Å². The van der Waals surface area contributed by atoms with E-state index in [4.69, 9.17) is 5.84 Å². The first-order chi connectivity index (χ1) is 9.01. The molecule has 0 atom stereocenters. The van der Waals surface area contributed by atoms with Gasteiger partial charge in [-0.25, -0.2) is 10.8 Å². The van der Waals surface area contributed by atoms with Gasteiger partial charge in [0.25, 0.3) is 0 Å². The fraction of sp³-hybridized carbons (Fsp3) is 0.538. The molecule has 0 aromatic carbocycles. The Hall–Kier alpha value is -1.40. The number of nitrogens with two attached hydrogens (primary N) is 1. The number of thiophene rings is 1. The number of hydrogen-bond donors (Lipinski definition) is 2. The highest BCUT2D eigenvalue weighted by Crippen LogP contribution is 2.38. The lowest BCUT2D eigenvalue weighted by atomic mass is 10.0. The number of aryl methyl sites for hydroxylation is 1. The zero-order chi connectivity index (χ0) is 13.6. The summed E-state index contributed by atoms with van der Waals surface area (Å²) in [5.41, 5.74) is 2.72. The number of fused-ring (bicyclic) bond motifs is 1. The molecule has 0 spiro atoms. The summed E-state index contributed by atoms with van der Waals surface area (Å²) in [5.74, 6) is 6.99. The van der Waals surface area contributed by atoms with Crippen LogP contribution in [-0.2, 0) is 0 Å². The summed E-state index contributed by atoms with van der Waals surface area (Å²) >= 11 is 1.68. The molecule has 3 heterocycles. The van der Waals surface area contributed by atoms with Crippen molar-refractivity contribution in [3.05, 3.63) is 10.9 Å². The Labute approximate surface area is 116 Å². The van der Waals surface area contributed by atoms with Crippen molar-refractivity contribution < 1.29 is 0 Å². The first-order valence-electron chi connectivity index (χ1n) is 6.54. The third kappa shape index (κ3) is 2.04. The molecule has 1 fully saturated rings. The molecule has 2 aromatic heterocycles. The Morgan fingerprint density at radius 1 is 1.42 bits per heavy atom. The van der Waals surface area contributed by atoms with Crippen LogP contribution < -0.4 is 16.2 Å². The summed E-state index contributed by atoms with van der Waals surface area (Å²) < 4.78 is 0. The normalized spacial score (nSPS) is 18.2. The van der Waals surface area contributed by atoms with E-state index < -0.39 is 0 Å². The van der Waals surface area contributed by atoms with E-state index in [1.807, 2.05) is 0 Å². The van der Waals surface area contributed by atoms with Gasteiger partial charge in [-0.3, -0.25) is 5.43 Å². The molecule has 5 nitrogen and oxygen atoms in total. The number of rotatable bonds is 2. The van der Waals surface area contributed by atoms with Gasteiger partial charge in [0.05, 0.1) is 5.39 Å². The third-order valence-electron chi connectivity index (χ3n) is 3.78. The van der Waals surface area contributed by atoms with Crippen molar-refractivity contribution in [1.29, 1.82) is 0 Å². The Kier molecular flexibility index (Phi) is 2.87. The maximum atomic E-state index is 5.49. The Bertz CT molecular complexity index is 619. The highest BCUT2D eigenvalue weighted by molar-refractivity contribution is 7.18. The minimum absolute atomic E-state index is 0.142. The van der Waals surface area contributed by atoms with Gasteiger partial charge in [-0.15, -0.1) is 11.3 Å². The molecule has 1 saturated heterocycles. The molecule has 3 N–H and O–H groups in total. The van der Waals surface area contributed by atoms with E-state index in [0.717, 1.165) is 22.6 Å². The molecule has 1 aliphatic heterocycles. The second-order valence-corrected chi connectivity index (χ2v) is 6.89. The average molecular weight is 277 g/mol. The lowest BCUT2D eigenvalue weighted by Crippen LogP contribution is -2.39. The fourth-order valence-corrected chi connectivity index (χ4v) is 3.67. The van der Waals surface area contributed by atoms with Crippen LogP contribution in [0.2, 0.25) is 0 Å². The molecule has 0 amide bonds. The van der Waals surface area contributed by atoms with E-state index in [1.165, 1.54) is 17.7 Å². The smallest absolute Gasteiger partial charge is 0.240 e. The molecule has 102 valence electrons. The summed E-state index contributed by atoms with van der Waals surface area (Å²) in [7, 11) is 0. The Morgan fingerprint density at radius 3 is 2.84 bits per heavy atom. The van der Waals surface area contributed by atoms with E-state index in [-0.39, 0.29) is 5.54 Å². The predicted octanol–water partition coefficient (Wildman–Crippen LogP) is 2.66. The summed E-state index contributed by atoms with van der Waals surface area (Å²) in [6, 6.07) is 2.17. The average Bonchev–Trinajstić information content (AvgIpc) is 2.89. The molecule has 6 heteroatoms. The zero-order valence-electron chi connectivity index (χ0n) is 11.5. The molecule has 0 aliphatic carbocycles. The Morgan fingerprint density at radius 2 is 2.21 bits per heavy atom. The van der Waals surface area contributed by atoms with Crippen LogP contribution in [0.3, 0.4) is 0 Å². The van der Waals surface area contributed by atoms with Crippen LogP contribution >= 0.6 is 11.3 Å². The molecule has 0 unspecified atom stereocenters. The molecular formula is C13H19N5S. The van der Waals surface area contributed by atoms with Gasteiger partial charge in [-0.2, -0.15) is 4.98 Å². The molecule has 1 aliphatic rings. The van der Waals surface area contributed by atoms with Crippen molar-refractivity contribution in [3.8, 4) is 0 Å². The van der Waals surface area contributed by atoms with Crippen LogP contribution in [0.4, 0.5) is 11.8 Å². The monoisotopic (exact) mass is 277 g/mol. The van der Waals surface area contributed by atoms with Crippen LogP contribution in [-0.4, -0.2) is 22.1 Å². The highest BCUT2D eigenvalue weighted by Gasteiger charge is 2.34. The lowest BCUT2D eigenvalue weighted by Gasteiger charge is -2.33. The predicted molar refractivity (Wildman–Crippen MR) is 80.6 cm³/mol. The number of nitrogen functional groups attached to an aromatic ring is 1. The first-order valence-corrected chi connectivity index (χ1v) is 7.35. The van der Waals surface area contributed by atoms with Crippen LogP contribution in [0.25, 0.3) is 10.2 Å². The maximum Gasteiger partial charge on any atom is 0.240 e. The van der Waals surface area contributed by atoms with Crippen molar-refractivity contribution >= 4 is 33.3 Å². The van der Waals surface area contributed by atoms with Crippen molar-refractivity contribution in [2.75, 3.05) is 16.9 Å². The van der Waals surface area contributed by atoms with Crippen LogP contribution in [0.15, 0.2) is 6.07 Å². The molecule has 0 bridgehead atoms. The van der Waals surface area contributed by atoms with Crippen LogP contribution in [0.5, 0.6) is 0 Å². The van der Waals surface area contributed by atoms with Crippen LogP contribution in [0.1, 0.15) is 31.6 Å². The second-order valence-electron chi connectivity index (χ2n) is 5.66. The first kappa shape index (κ1) is 12.6. The SMILES string of the molecule is Cc1cc2c(N3CCCC3(C)C)nc(NN)nc2s1. The summed E-state index contributed by atoms with van der Waals surface area (Å²) in [6.07, 6.45) is 2.39. The van der Waals surface area contributed by atoms with Crippen molar-refractivity contribution in [2.24, 2.45) is 5.84 Å². The van der Waals surface area contributed by atoms with Gasteiger partial charge < -0.3 is 4.90 Å². The minimum atomic E-state index is 0.142. The molecule has 19 heavy (non-hydrogen) atoms. The molecular weight excluding hydrogens is 258 g/mol. The number of hydrogen-bond acceptors (Lipinski definition) is 6. The third-order valence-corrected chi connectivity index (χ3v) is 4.73. The van der Waals surface area contributed by atoms with E-state index in [0.29, 0.717) is 5.95 Å². The molecule has 0 saturated carbocycles. The van der Waals surface area contributed by atoms with Gasteiger partial charge in [0, 0.05) is 17.0 Å². The molecule has 3 rings (SSSR count). The molecule has 0 radical (unpaired) electrons. The number of nitrogens with one attached hydrogen (secondary N) is 1. The summed E-state index contributed by atoms with van der Waals surface area (Å²) in [5, 5.41) is 1.14. The van der Waals surface area contributed by atoms with E-state index in [1.54, 1.807) is 11.3 Å². The summed E-state index contributed by atoms with van der Waals surface area (Å²) in [4.78, 5) is 13.7. The quantitative estimate of drug-likeness (QED) is 0.652. The number of aromatic nitrogens is 2. The van der Waals surface area contributed by atoms with Crippen molar-refractivity contribution in [3.63, 3.8) is 0 Å². The second kappa shape index (κ2) is 4.31. The Balaban J connectivity index is 2.21. The van der Waals surface area contributed by atoms with Gasteiger partial charge in [0.2, 0.25) is 5.95 Å². The van der Waals surface area contributed by atoms with Crippen molar-refractivity contribution in [1.82, 2.24) is 9.97 Å². The zero-order valence-corrected chi connectivity index (χ0v) is 12.3. The minimum Gasteiger partial charge on any atom is -0.351 e. The lowest BCUT2D eigenvalue weighted by molar-refractivity contribution is 0.515. The maximum absolute atomic E-state index is 5.49. The summed E-state index contributed by atoms with van der Waals surface area (Å²) in [6.45, 7) is 7.67. The topological polar surface area (TPSA) is 67.1 Å². The van der Waals surface area contributed by atoms with Gasteiger partial charge in [-0.05, 0) is 39.7 Å². The molecule has 2 aromatic rings. The van der Waals surface area contributed by atoms with Crippen molar-refractivity contribution in [2.45, 2.75) is 39.2 Å². The van der Waals surface area contributed by atoms with E-state index >= 15 is 0 Å². The largest absolute Gasteiger partial charge is 0.351 e. The number of hydrazine groups is 1. The number of anilines is 2. The van der Waals surface area contributed by atoms with Gasteiger partial charge in [0.1, 0.15) is 10.6 Å². The van der Waals surface area contributed by atoms with Gasteiger partial charge >= 0.3 is 0 Å². The van der Waals surface area contributed by atoms with Gasteiger partial charge in [-0.1, -0.05) is 0 Å². The number of nitrogens with zero attached hydrogens (tertiary/aromatic N) is 3.